The lowest BCUT2D eigenvalue weighted by Crippen LogP contribution is -2.36. The summed E-state index contributed by atoms with van der Waals surface area (Å²) in [5.74, 6) is -1.23. The number of nitro benzene ring substituents is 1. The Bertz CT molecular complexity index is 1150. The number of allylic oxidation sites excluding steroid dienone is 3. The largest absolute Gasteiger partial charge is 0.460 e. The van der Waals surface area contributed by atoms with Crippen LogP contribution < -0.4 is 5.32 Å². The van der Waals surface area contributed by atoms with Crippen molar-refractivity contribution in [3.8, 4) is 0 Å². The third-order valence-corrected chi connectivity index (χ3v) is 6.78. The zero-order chi connectivity index (χ0) is 23.0. The number of hydrogen-bond acceptors (Lipinski definition) is 7. The van der Waals surface area contributed by atoms with Crippen LogP contribution in [0.15, 0.2) is 64.3 Å². The highest BCUT2D eigenvalue weighted by molar-refractivity contribution is 7.10. The molecule has 2 heterocycles. The minimum Gasteiger partial charge on any atom is -0.460 e. The van der Waals surface area contributed by atoms with Crippen molar-refractivity contribution in [1.29, 1.82) is 0 Å². The molecule has 0 amide bonds. The summed E-state index contributed by atoms with van der Waals surface area (Å²) in [6.07, 6.45) is 0.628. The van der Waals surface area contributed by atoms with Crippen molar-refractivity contribution in [3.63, 3.8) is 0 Å². The van der Waals surface area contributed by atoms with Crippen LogP contribution in [-0.2, 0) is 14.3 Å². The lowest BCUT2D eigenvalue weighted by Gasteiger charge is -2.36. The number of non-ortho nitro benzene ring substituents is 1. The standard InChI is InChI=1S/C24H24N2O5S/c1-13(2)31-24(28)21-14(3)25-18-11-16(20-8-5-9-32-20)12-19(27)23(18)22(21)15-6-4-7-17(10-15)26(29)30/h4-10,13,16,22,25H,11-12H2,1-3H3/t16-,22-/m1/s1. The van der Waals surface area contributed by atoms with Crippen molar-refractivity contribution in [2.75, 3.05) is 0 Å². The maximum Gasteiger partial charge on any atom is 0.337 e. The fraction of sp³-hybridized carbons (Fsp3) is 0.333. The Morgan fingerprint density at radius 1 is 1.25 bits per heavy atom. The van der Waals surface area contributed by atoms with Gasteiger partial charge < -0.3 is 10.1 Å². The van der Waals surface area contributed by atoms with E-state index in [0.717, 1.165) is 10.6 Å². The van der Waals surface area contributed by atoms with Crippen molar-refractivity contribution >= 4 is 28.8 Å². The van der Waals surface area contributed by atoms with Gasteiger partial charge in [-0.25, -0.2) is 4.79 Å². The Morgan fingerprint density at radius 2 is 2.03 bits per heavy atom. The van der Waals surface area contributed by atoms with Crippen LogP contribution in [-0.4, -0.2) is 22.8 Å². The average molecular weight is 453 g/mol. The van der Waals surface area contributed by atoms with Crippen LogP contribution in [0.25, 0.3) is 0 Å². The molecule has 2 aromatic rings. The number of ether oxygens (including phenoxy) is 1. The van der Waals surface area contributed by atoms with Gasteiger partial charge in [-0.3, -0.25) is 14.9 Å². The van der Waals surface area contributed by atoms with E-state index in [4.69, 9.17) is 4.74 Å². The molecule has 0 fully saturated rings. The first-order chi connectivity index (χ1) is 15.3. The monoisotopic (exact) mass is 452 g/mol. The maximum absolute atomic E-state index is 13.4. The first-order valence-electron chi connectivity index (χ1n) is 10.5. The summed E-state index contributed by atoms with van der Waals surface area (Å²) in [5, 5.41) is 16.7. The number of Topliss-reactive ketones (excluding diaryl/α,β-unsaturated/α-hetero) is 1. The first-order valence-corrected chi connectivity index (χ1v) is 11.4. The average Bonchev–Trinajstić information content (AvgIpc) is 3.27. The molecule has 1 N–H and O–H groups in total. The molecule has 1 aromatic carbocycles. The lowest BCUT2D eigenvalue weighted by atomic mass is 9.72. The number of nitro groups is 1. The molecule has 0 spiro atoms. The molecule has 0 saturated heterocycles. The highest BCUT2D eigenvalue weighted by Crippen LogP contribution is 2.46. The van der Waals surface area contributed by atoms with Crippen molar-refractivity contribution in [3.05, 3.63) is 84.9 Å². The summed E-state index contributed by atoms with van der Waals surface area (Å²) in [6.45, 7) is 5.30. The van der Waals surface area contributed by atoms with E-state index in [1.807, 2.05) is 17.5 Å². The van der Waals surface area contributed by atoms with E-state index < -0.39 is 16.8 Å². The molecule has 8 heteroatoms. The summed E-state index contributed by atoms with van der Waals surface area (Å²) in [6, 6.07) is 10.1. The van der Waals surface area contributed by atoms with Crippen molar-refractivity contribution in [2.24, 2.45) is 0 Å². The second-order valence-electron chi connectivity index (χ2n) is 8.34. The van der Waals surface area contributed by atoms with Crippen LogP contribution in [0.3, 0.4) is 0 Å². The van der Waals surface area contributed by atoms with Crippen molar-refractivity contribution in [1.82, 2.24) is 5.32 Å². The minimum absolute atomic E-state index is 0.0593. The van der Waals surface area contributed by atoms with E-state index in [-0.39, 0.29) is 23.5 Å². The number of ketones is 1. The number of nitrogens with zero attached hydrogens (tertiary/aromatic N) is 1. The van der Waals surface area contributed by atoms with Gasteiger partial charge in [-0.2, -0.15) is 0 Å². The third kappa shape index (κ3) is 4.10. The van der Waals surface area contributed by atoms with Gasteiger partial charge in [-0.1, -0.05) is 18.2 Å². The molecule has 166 valence electrons. The van der Waals surface area contributed by atoms with Crippen LogP contribution in [0, 0.1) is 10.1 Å². The summed E-state index contributed by atoms with van der Waals surface area (Å²) in [5.41, 5.74) is 2.64. The predicted octanol–water partition coefficient (Wildman–Crippen LogP) is 4.97. The Morgan fingerprint density at radius 3 is 2.69 bits per heavy atom. The number of thiophene rings is 1. The quantitative estimate of drug-likeness (QED) is 0.391. The number of benzene rings is 1. The van der Waals surface area contributed by atoms with Gasteiger partial charge in [0.25, 0.3) is 5.69 Å². The van der Waals surface area contributed by atoms with Crippen LogP contribution in [0.2, 0.25) is 0 Å². The smallest absolute Gasteiger partial charge is 0.337 e. The molecule has 0 unspecified atom stereocenters. The number of rotatable bonds is 5. The van der Waals surface area contributed by atoms with E-state index in [1.165, 1.54) is 12.1 Å². The van der Waals surface area contributed by atoms with Crippen molar-refractivity contribution in [2.45, 2.75) is 51.6 Å². The highest BCUT2D eigenvalue weighted by atomic mass is 32.1. The van der Waals surface area contributed by atoms with E-state index in [1.54, 1.807) is 44.2 Å². The zero-order valence-electron chi connectivity index (χ0n) is 18.1. The Balaban J connectivity index is 1.84. The van der Waals surface area contributed by atoms with Gasteiger partial charge in [0, 0.05) is 52.2 Å². The second-order valence-corrected chi connectivity index (χ2v) is 9.32. The van der Waals surface area contributed by atoms with E-state index in [2.05, 4.69) is 5.32 Å². The number of esters is 1. The number of carbonyl (C=O) groups is 2. The zero-order valence-corrected chi connectivity index (χ0v) is 18.9. The van der Waals surface area contributed by atoms with Crippen LogP contribution in [0.1, 0.15) is 55.9 Å². The highest BCUT2D eigenvalue weighted by Gasteiger charge is 2.42. The molecule has 1 aromatic heterocycles. The van der Waals surface area contributed by atoms with Crippen LogP contribution in [0.4, 0.5) is 5.69 Å². The van der Waals surface area contributed by atoms with Gasteiger partial charge in [-0.05, 0) is 44.2 Å². The van der Waals surface area contributed by atoms with E-state index in [0.29, 0.717) is 35.2 Å². The third-order valence-electron chi connectivity index (χ3n) is 5.75. The molecule has 2 atom stereocenters. The fourth-order valence-corrected chi connectivity index (χ4v) is 5.29. The summed E-state index contributed by atoms with van der Waals surface area (Å²) < 4.78 is 5.48. The van der Waals surface area contributed by atoms with Crippen LogP contribution in [0.5, 0.6) is 0 Å². The van der Waals surface area contributed by atoms with Gasteiger partial charge in [-0.15, -0.1) is 11.3 Å². The van der Waals surface area contributed by atoms with Gasteiger partial charge in [0.2, 0.25) is 0 Å². The Hall–Kier alpha value is -3.26. The Labute approximate surface area is 189 Å². The number of nitrogens with one attached hydrogen (secondary N) is 1. The first kappa shape index (κ1) is 22.0. The van der Waals surface area contributed by atoms with Gasteiger partial charge >= 0.3 is 5.97 Å². The molecular formula is C24H24N2O5S. The maximum atomic E-state index is 13.4. The molecule has 0 bridgehead atoms. The topological polar surface area (TPSA) is 98.5 Å². The van der Waals surface area contributed by atoms with Crippen LogP contribution >= 0.6 is 11.3 Å². The summed E-state index contributed by atoms with van der Waals surface area (Å²) in [7, 11) is 0. The minimum atomic E-state index is -0.714. The molecule has 0 radical (unpaired) electrons. The predicted molar refractivity (Wildman–Crippen MR) is 121 cm³/mol. The van der Waals surface area contributed by atoms with E-state index >= 15 is 0 Å². The van der Waals surface area contributed by atoms with E-state index in [9.17, 15) is 19.7 Å². The lowest BCUT2D eigenvalue weighted by molar-refractivity contribution is -0.384. The molecule has 0 saturated carbocycles. The molecule has 2 aliphatic rings. The number of carbonyl (C=O) groups excluding carboxylic acids is 2. The van der Waals surface area contributed by atoms with Gasteiger partial charge in [0.1, 0.15) is 0 Å². The molecule has 4 rings (SSSR count). The van der Waals surface area contributed by atoms with Gasteiger partial charge in [0.05, 0.1) is 16.6 Å². The van der Waals surface area contributed by atoms with Gasteiger partial charge in [0.15, 0.2) is 5.78 Å². The molecular weight excluding hydrogens is 428 g/mol. The molecule has 32 heavy (non-hydrogen) atoms. The number of hydrogen-bond donors (Lipinski definition) is 1. The normalized spacial score (nSPS) is 20.8. The molecule has 1 aliphatic carbocycles. The molecule has 1 aliphatic heterocycles. The Kier molecular flexibility index (Phi) is 5.97. The molecule has 7 nitrogen and oxygen atoms in total. The fourth-order valence-electron chi connectivity index (χ4n) is 4.46. The summed E-state index contributed by atoms with van der Waals surface area (Å²) in [4.78, 5) is 38.6. The van der Waals surface area contributed by atoms with Crippen molar-refractivity contribution < 1.29 is 19.2 Å². The second kappa shape index (κ2) is 8.70. The summed E-state index contributed by atoms with van der Waals surface area (Å²) >= 11 is 1.62. The number of dihydropyridines is 1. The SMILES string of the molecule is CC1=C(C(=O)OC(C)C)[C@@H](c2cccc([N+](=O)[O-])c2)C2=C(C[C@@H](c3cccs3)CC2=O)N1.